The zero-order valence-corrected chi connectivity index (χ0v) is 15.7. The number of aromatic nitrogens is 2. The van der Waals surface area contributed by atoms with Gasteiger partial charge in [-0.05, 0) is 48.9 Å². The molecule has 1 N–H and O–H groups in total. The second-order valence-corrected chi connectivity index (χ2v) is 7.55. The number of nitrogens with one attached hydrogen (secondary N) is 1. The highest BCUT2D eigenvalue weighted by Crippen LogP contribution is 2.21. The maximum Gasteiger partial charge on any atom is 0.266 e. The van der Waals surface area contributed by atoms with E-state index in [0.717, 1.165) is 0 Å². The quantitative estimate of drug-likeness (QED) is 0.661. The summed E-state index contributed by atoms with van der Waals surface area (Å²) in [5.41, 5.74) is 0.877. The van der Waals surface area contributed by atoms with E-state index < -0.39 is 10.0 Å². The Hall–Kier alpha value is -2.91. The molecule has 3 aromatic rings. The number of furan rings is 1. The van der Waals surface area contributed by atoms with Crippen LogP contribution in [-0.4, -0.2) is 31.9 Å². The number of hydrogen-bond donors (Lipinski definition) is 1. The van der Waals surface area contributed by atoms with Crippen molar-refractivity contribution in [1.82, 2.24) is 14.5 Å². The summed E-state index contributed by atoms with van der Waals surface area (Å²) in [4.78, 5) is 12.1. The summed E-state index contributed by atoms with van der Waals surface area (Å²) in [5, 5.41) is 4.20. The minimum absolute atomic E-state index is 0.0158. The fourth-order valence-electron chi connectivity index (χ4n) is 2.55. The van der Waals surface area contributed by atoms with E-state index in [2.05, 4.69) is 9.82 Å². The van der Waals surface area contributed by atoms with Crippen molar-refractivity contribution in [1.29, 1.82) is 0 Å². The van der Waals surface area contributed by atoms with E-state index in [9.17, 15) is 13.2 Å². The molecule has 3 rings (SSSR count). The van der Waals surface area contributed by atoms with E-state index in [1.807, 2.05) is 0 Å². The maximum atomic E-state index is 12.4. The Labute approximate surface area is 156 Å². The minimum Gasteiger partial charge on any atom is -0.496 e. The van der Waals surface area contributed by atoms with E-state index in [1.54, 1.807) is 31.2 Å². The zero-order valence-electron chi connectivity index (χ0n) is 14.9. The standard InChI is InChI=1S/C18H19N3O5S/c1-13-12-14(5-7-16(13)25-2)27(23,24)19-9-10-21-18(22)8-6-15(20-21)17-4-3-11-26-17/h3-8,11-12,19H,9-10H2,1-2H3. The highest BCUT2D eigenvalue weighted by atomic mass is 32.2. The third-order valence-electron chi connectivity index (χ3n) is 3.93. The first-order chi connectivity index (χ1) is 12.9. The Kier molecular flexibility index (Phi) is 5.43. The van der Waals surface area contributed by atoms with Crippen molar-refractivity contribution in [3.05, 3.63) is 64.6 Å². The number of sulfonamides is 1. The Bertz CT molecular complexity index is 1090. The Morgan fingerprint density at radius 1 is 1.22 bits per heavy atom. The fraction of sp³-hybridized carbons (Fsp3) is 0.222. The minimum atomic E-state index is -3.71. The molecule has 0 atom stereocenters. The molecule has 9 heteroatoms. The maximum absolute atomic E-state index is 12.4. The van der Waals surface area contributed by atoms with Gasteiger partial charge in [0.1, 0.15) is 11.4 Å². The SMILES string of the molecule is COc1ccc(S(=O)(=O)NCCn2nc(-c3ccco3)ccc2=O)cc1C. The van der Waals surface area contributed by atoms with Crippen LogP contribution in [0.3, 0.4) is 0 Å². The van der Waals surface area contributed by atoms with Gasteiger partial charge in [0, 0.05) is 12.6 Å². The fourth-order valence-corrected chi connectivity index (χ4v) is 3.66. The molecule has 0 saturated heterocycles. The highest BCUT2D eigenvalue weighted by Gasteiger charge is 2.15. The molecule has 0 radical (unpaired) electrons. The molecular weight excluding hydrogens is 370 g/mol. The van der Waals surface area contributed by atoms with Gasteiger partial charge >= 0.3 is 0 Å². The second kappa shape index (κ2) is 7.77. The van der Waals surface area contributed by atoms with Crippen molar-refractivity contribution < 1.29 is 17.6 Å². The van der Waals surface area contributed by atoms with Crippen LogP contribution in [-0.2, 0) is 16.6 Å². The van der Waals surface area contributed by atoms with Crippen LogP contribution >= 0.6 is 0 Å². The molecule has 1 aromatic carbocycles. The largest absolute Gasteiger partial charge is 0.496 e. The normalized spacial score (nSPS) is 11.5. The van der Waals surface area contributed by atoms with E-state index in [4.69, 9.17) is 9.15 Å². The Balaban J connectivity index is 1.71. The first-order valence-corrected chi connectivity index (χ1v) is 9.65. The lowest BCUT2D eigenvalue weighted by Crippen LogP contribution is -2.32. The number of aryl methyl sites for hydroxylation is 1. The van der Waals surface area contributed by atoms with Crippen molar-refractivity contribution in [2.24, 2.45) is 0 Å². The van der Waals surface area contributed by atoms with E-state index in [0.29, 0.717) is 22.8 Å². The molecule has 8 nitrogen and oxygen atoms in total. The number of ether oxygens (including phenoxy) is 1. The van der Waals surface area contributed by atoms with E-state index in [1.165, 1.54) is 36.3 Å². The van der Waals surface area contributed by atoms with Crippen LogP contribution in [0.25, 0.3) is 11.5 Å². The van der Waals surface area contributed by atoms with Crippen LogP contribution in [0.15, 0.2) is 62.8 Å². The average Bonchev–Trinajstić information content (AvgIpc) is 3.18. The van der Waals surface area contributed by atoms with Gasteiger partial charge in [0.25, 0.3) is 5.56 Å². The first kappa shape index (κ1) is 18.9. The first-order valence-electron chi connectivity index (χ1n) is 8.17. The van der Waals surface area contributed by atoms with Gasteiger partial charge in [-0.15, -0.1) is 0 Å². The summed E-state index contributed by atoms with van der Waals surface area (Å²) in [6.45, 7) is 1.87. The van der Waals surface area contributed by atoms with Crippen molar-refractivity contribution in [3.8, 4) is 17.2 Å². The van der Waals surface area contributed by atoms with Crippen LogP contribution in [0.1, 0.15) is 5.56 Å². The number of rotatable bonds is 7. The molecule has 0 aliphatic rings. The molecule has 0 unspecified atom stereocenters. The molecule has 0 aliphatic heterocycles. The summed E-state index contributed by atoms with van der Waals surface area (Å²) in [6, 6.07) is 11.0. The molecule has 2 aromatic heterocycles. The van der Waals surface area contributed by atoms with Crippen LogP contribution in [0.4, 0.5) is 0 Å². The van der Waals surface area contributed by atoms with Crippen molar-refractivity contribution >= 4 is 10.0 Å². The summed E-state index contributed by atoms with van der Waals surface area (Å²) < 4.78 is 38.9. The van der Waals surface area contributed by atoms with Crippen molar-refractivity contribution in [3.63, 3.8) is 0 Å². The molecule has 0 saturated carbocycles. The van der Waals surface area contributed by atoms with E-state index in [-0.39, 0.29) is 23.5 Å². The third-order valence-corrected chi connectivity index (χ3v) is 5.39. The molecule has 142 valence electrons. The summed E-state index contributed by atoms with van der Waals surface area (Å²) in [7, 11) is -2.19. The van der Waals surface area contributed by atoms with Gasteiger partial charge in [-0.1, -0.05) is 0 Å². The van der Waals surface area contributed by atoms with Crippen molar-refractivity contribution in [2.75, 3.05) is 13.7 Å². The Morgan fingerprint density at radius 2 is 2.04 bits per heavy atom. The van der Waals surface area contributed by atoms with Gasteiger partial charge in [-0.2, -0.15) is 5.10 Å². The monoisotopic (exact) mass is 389 g/mol. The van der Waals surface area contributed by atoms with Crippen LogP contribution in [0, 0.1) is 6.92 Å². The van der Waals surface area contributed by atoms with Crippen LogP contribution in [0.5, 0.6) is 5.75 Å². The molecule has 0 bridgehead atoms. The van der Waals surface area contributed by atoms with Crippen molar-refractivity contribution in [2.45, 2.75) is 18.4 Å². The zero-order chi connectivity index (χ0) is 19.4. The third kappa shape index (κ3) is 4.26. The number of benzene rings is 1. The lowest BCUT2D eigenvalue weighted by molar-refractivity contribution is 0.411. The van der Waals surface area contributed by atoms with Gasteiger partial charge in [-0.25, -0.2) is 17.8 Å². The smallest absolute Gasteiger partial charge is 0.266 e. The number of nitrogens with zero attached hydrogens (tertiary/aromatic N) is 2. The van der Waals surface area contributed by atoms with Crippen LogP contribution in [0.2, 0.25) is 0 Å². The second-order valence-electron chi connectivity index (χ2n) is 5.79. The van der Waals surface area contributed by atoms with E-state index >= 15 is 0 Å². The molecule has 0 spiro atoms. The van der Waals surface area contributed by atoms with Crippen LogP contribution < -0.4 is 15.0 Å². The molecule has 27 heavy (non-hydrogen) atoms. The molecule has 0 aliphatic carbocycles. The lowest BCUT2D eigenvalue weighted by Gasteiger charge is -2.10. The van der Waals surface area contributed by atoms with Gasteiger partial charge in [0.15, 0.2) is 5.76 Å². The average molecular weight is 389 g/mol. The summed E-state index contributed by atoms with van der Waals surface area (Å²) in [5.74, 6) is 1.14. The van der Waals surface area contributed by atoms with Gasteiger partial charge in [0.05, 0.1) is 24.8 Å². The van der Waals surface area contributed by atoms with Gasteiger partial charge in [-0.3, -0.25) is 4.79 Å². The summed E-state index contributed by atoms with van der Waals surface area (Å²) >= 11 is 0. The topological polar surface area (TPSA) is 103 Å². The molecule has 0 fully saturated rings. The lowest BCUT2D eigenvalue weighted by atomic mass is 10.2. The van der Waals surface area contributed by atoms with Gasteiger partial charge in [0.2, 0.25) is 10.0 Å². The molecule has 2 heterocycles. The Morgan fingerprint density at radius 3 is 2.70 bits per heavy atom. The van der Waals surface area contributed by atoms with Gasteiger partial charge < -0.3 is 9.15 Å². The predicted octanol–water partition coefficient (Wildman–Crippen LogP) is 1.80. The number of methoxy groups -OCH3 is 1. The highest BCUT2D eigenvalue weighted by molar-refractivity contribution is 7.89. The molecular formula is C18H19N3O5S. The summed E-state index contributed by atoms with van der Waals surface area (Å²) in [6.07, 6.45) is 1.51. The number of hydrogen-bond acceptors (Lipinski definition) is 6. The molecule has 0 amide bonds. The predicted molar refractivity (Wildman–Crippen MR) is 99.1 cm³/mol.